The minimum absolute atomic E-state index is 0.0617. The van der Waals surface area contributed by atoms with Gasteiger partial charge in [0.05, 0.1) is 24.8 Å². The van der Waals surface area contributed by atoms with E-state index in [2.05, 4.69) is 0 Å². The molecule has 1 atom stereocenters. The molecule has 0 radical (unpaired) electrons. The number of nitrogens with zero attached hydrogens (tertiary/aromatic N) is 1. The van der Waals surface area contributed by atoms with Crippen molar-refractivity contribution >= 4 is 11.8 Å². The van der Waals surface area contributed by atoms with Gasteiger partial charge >= 0.3 is 0 Å². The predicted octanol–water partition coefficient (Wildman–Crippen LogP) is 1.73. The van der Waals surface area contributed by atoms with Crippen LogP contribution < -0.4 is 9.47 Å². The molecule has 2 aromatic rings. The Labute approximate surface area is 139 Å². The van der Waals surface area contributed by atoms with Gasteiger partial charge in [-0.05, 0) is 24.3 Å². The number of hydrogen-bond donors (Lipinski definition) is 1. The van der Waals surface area contributed by atoms with Gasteiger partial charge in [-0.3, -0.25) is 14.5 Å². The second-order valence-corrected chi connectivity index (χ2v) is 5.38. The molecule has 3 rings (SSSR count). The van der Waals surface area contributed by atoms with Gasteiger partial charge in [-0.1, -0.05) is 24.3 Å². The highest BCUT2D eigenvalue weighted by Gasteiger charge is 2.36. The van der Waals surface area contributed by atoms with E-state index in [0.29, 0.717) is 22.6 Å². The summed E-state index contributed by atoms with van der Waals surface area (Å²) in [6.07, 6.45) is -1.00. The minimum atomic E-state index is -1.00. The molecule has 1 N–H and O–H groups in total. The van der Waals surface area contributed by atoms with E-state index in [9.17, 15) is 14.7 Å². The number of aliphatic hydroxyl groups is 1. The molecule has 1 unspecified atom stereocenters. The number of aliphatic hydroxyl groups excluding tert-OH is 1. The third kappa shape index (κ3) is 2.96. The smallest absolute Gasteiger partial charge is 0.261 e. The first-order chi connectivity index (χ1) is 11.6. The van der Waals surface area contributed by atoms with Crippen LogP contribution in [0.4, 0.5) is 0 Å². The molecule has 0 bridgehead atoms. The number of amides is 2. The van der Waals surface area contributed by atoms with Crippen LogP contribution in [-0.2, 0) is 0 Å². The van der Waals surface area contributed by atoms with Gasteiger partial charge in [0.25, 0.3) is 11.8 Å². The topological polar surface area (TPSA) is 76.1 Å². The highest BCUT2D eigenvalue weighted by Crippen LogP contribution is 2.26. The summed E-state index contributed by atoms with van der Waals surface area (Å²) in [4.78, 5) is 25.5. The molecular formula is C18H17NO5. The molecule has 6 heteroatoms. The van der Waals surface area contributed by atoms with Gasteiger partial charge in [-0.15, -0.1) is 0 Å². The number of carbonyl (C=O) groups is 2. The first-order valence-electron chi connectivity index (χ1n) is 7.51. The lowest BCUT2D eigenvalue weighted by Gasteiger charge is -2.19. The minimum Gasteiger partial charge on any atom is -0.493 e. The Morgan fingerprint density at radius 1 is 0.958 bits per heavy atom. The van der Waals surface area contributed by atoms with Crippen molar-refractivity contribution in [1.82, 2.24) is 4.90 Å². The van der Waals surface area contributed by atoms with Crippen LogP contribution in [0.3, 0.4) is 0 Å². The van der Waals surface area contributed by atoms with Crippen molar-refractivity contribution in [3.05, 3.63) is 59.7 Å². The zero-order valence-electron chi connectivity index (χ0n) is 13.1. The summed E-state index contributed by atoms with van der Waals surface area (Å²) in [5.41, 5.74) is 0.723. The summed E-state index contributed by atoms with van der Waals surface area (Å²) in [6.45, 7) is -0.185. The normalized spacial score (nSPS) is 14.5. The third-order valence-corrected chi connectivity index (χ3v) is 3.77. The van der Waals surface area contributed by atoms with Gasteiger partial charge in [0, 0.05) is 0 Å². The van der Waals surface area contributed by atoms with Crippen molar-refractivity contribution in [2.75, 3.05) is 20.3 Å². The largest absolute Gasteiger partial charge is 0.493 e. The van der Waals surface area contributed by atoms with E-state index < -0.39 is 17.9 Å². The molecule has 0 fully saturated rings. The number of β-amino-alcohol motifs (C(OH)–C–C–N with tert-alkyl or cyclic N) is 1. The van der Waals surface area contributed by atoms with Crippen LogP contribution in [-0.4, -0.2) is 48.2 Å². The molecule has 0 saturated carbocycles. The fourth-order valence-electron chi connectivity index (χ4n) is 2.59. The van der Waals surface area contributed by atoms with Crippen molar-refractivity contribution < 1.29 is 24.2 Å². The van der Waals surface area contributed by atoms with Crippen molar-refractivity contribution in [3.63, 3.8) is 0 Å². The Balaban J connectivity index is 1.63. The Kier molecular flexibility index (Phi) is 4.48. The van der Waals surface area contributed by atoms with Gasteiger partial charge < -0.3 is 14.6 Å². The van der Waals surface area contributed by atoms with E-state index in [1.807, 2.05) is 0 Å². The van der Waals surface area contributed by atoms with Gasteiger partial charge in [-0.2, -0.15) is 0 Å². The van der Waals surface area contributed by atoms with Crippen LogP contribution in [0.1, 0.15) is 20.7 Å². The summed E-state index contributed by atoms with van der Waals surface area (Å²) in [5, 5.41) is 10.1. The first-order valence-corrected chi connectivity index (χ1v) is 7.51. The maximum atomic E-state index is 12.3. The molecule has 1 aliphatic heterocycles. The summed E-state index contributed by atoms with van der Waals surface area (Å²) in [5.74, 6) is 0.241. The zero-order chi connectivity index (χ0) is 17.1. The average Bonchev–Trinajstić information content (AvgIpc) is 2.85. The van der Waals surface area contributed by atoms with E-state index in [-0.39, 0.29) is 13.2 Å². The van der Waals surface area contributed by atoms with Gasteiger partial charge in [0.1, 0.15) is 12.7 Å². The maximum absolute atomic E-state index is 12.3. The van der Waals surface area contributed by atoms with Crippen LogP contribution in [0.25, 0.3) is 0 Å². The van der Waals surface area contributed by atoms with E-state index in [4.69, 9.17) is 9.47 Å². The zero-order valence-corrected chi connectivity index (χ0v) is 13.1. The second kappa shape index (κ2) is 6.72. The third-order valence-electron chi connectivity index (χ3n) is 3.77. The number of rotatable bonds is 6. The van der Waals surface area contributed by atoms with E-state index in [1.165, 1.54) is 7.11 Å². The molecule has 6 nitrogen and oxygen atoms in total. The number of para-hydroxylation sites is 2. The second-order valence-electron chi connectivity index (χ2n) is 5.38. The Hall–Kier alpha value is -2.86. The quantitative estimate of drug-likeness (QED) is 0.818. The standard InChI is InChI=1S/C18H17NO5/c1-23-15-8-4-5-9-16(15)24-11-12(20)10-19-17(21)13-6-2-3-7-14(13)18(19)22/h2-9,12,20H,10-11H2,1H3. The van der Waals surface area contributed by atoms with Crippen molar-refractivity contribution in [3.8, 4) is 11.5 Å². The molecule has 2 aromatic carbocycles. The maximum Gasteiger partial charge on any atom is 0.261 e. The van der Waals surface area contributed by atoms with E-state index >= 15 is 0 Å². The Morgan fingerprint density at radius 3 is 2.08 bits per heavy atom. The number of carbonyl (C=O) groups excluding carboxylic acids is 2. The van der Waals surface area contributed by atoms with Crippen molar-refractivity contribution in [2.24, 2.45) is 0 Å². The number of fused-ring (bicyclic) bond motifs is 1. The summed E-state index contributed by atoms with van der Waals surface area (Å²) >= 11 is 0. The van der Waals surface area contributed by atoms with Crippen LogP contribution >= 0.6 is 0 Å². The van der Waals surface area contributed by atoms with Crippen molar-refractivity contribution in [1.29, 1.82) is 0 Å². The van der Waals surface area contributed by atoms with E-state index in [0.717, 1.165) is 4.90 Å². The molecule has 0 saturated heterocycles. The number of ether oxygens (including phenoxy) is 2. The molecular weight excluding hydrogens is 310 g/mol. The number of benzene rings is 2. The summed E-state index contributed by atoms with van der Waals surface area (Å²) in [6, 6.07) is 13.7. The lowest BCUT2D eigenvalue weighted by atomic mass is 10.1. The fourth-order valence-corrected chi connectivity index (χ4v) is 2.59. The number of imide groups is 1. The molecule has 1 heterocycles. The Bertz CT molecular complexity index is 739. The van der Waals surface area contributed by atoms with Crippen LogP contribution in [0, 0.1) is 0 Å². The van der Waals surface area contributed by atoms with Crippen LogP contribution in [0.15, 0.2) is 48.5 Å². The SMILES string of the molecule is COc1ccccc1OCC(O)CN1C(=O)c2ccccc2C1=O. The van der Waals surface area contributed by atoms with Crippen molar-refractivity contribution in [2.45, 2.75) is 6.10 Å². The molecule has 124 valence electrons. The van der Waals surface area contributed by atoms with Gasteiger partial charge in [0.2, 0.25) is 0 Å². The first kappa shape index (κ1) is 16.0. The van der Waals surface area contributed by atoms with E-state index in [1.54, 1.807) is 48.5 Å². The Morgan fingerprint density at radius 2 is 1.50 bits per heavy atom. The highest BCUT2D eigenvalue weighted by atomic mass is 16.5. The van der Waals surface area contributed by atoms with Gasteiger partial charge in [-0.25, -0.2) is 0 Å². The molecule has 24 heavy (non-hydrogen) atoms. The highest BCUT2D eigenvalue weighted by molar-refractivity contribution is 6.21. The van der Waals surface area contributed by atoms with Crippen LogP contribution in [0.2, 0.25) is 0 Å². The van der Waals surface area contributed by atoms with Gasteiger partial charge in [0.15, 0.2) is 11.5 Å². The molecule has 1 aliphatic rings. The average molecular weight is 327 g/mol. The number of methoxy groups -OCH3 is 1. The lowest BCUT2D eigenvalue weighted by Crippen LogP contribution is -2.39. The predicted molar refractivity (Wildman–Crippen MR) is 86.3 cm³/mol. The summed E-state index contributed by atoms with van der Waals surface area (Å²) < 4.78 is 10.7. The summed E-state index contributed by atoms with van der Waals surface area (Å²) in [7, 11) is 1.53. The number of hydrogen-bond acceptors (Lipinski definition) is 5. The van der Waals surface area contributed by atoms with Crippen LogP contribution in [0.5, 0.6) is 11.5 Å². The lowest BCUT2D eigenvalue weighted by molar-refractivity contribution is 0.0454. The molecule has 2 amide bonds. The molecule has 0 spiro atoms. The fraction of sp³-hybridized carbons (Fsp3) is 0.222. The monoisotopic (exact) mass is 327 g/mol. The molecule has 0 aromatic heterocycles. The molecule has 0 aliphatic carbocycles.